The zero-order valence-corrected chi connectivity index (χ0v) is 10.3. The number of hydrogen-bond acceptors (Lipinski definition) is 4. The fourth-order valence-corrected chi connectivity index (χ4v) is 2.75. The number of benzene rings is 1. The molecule has 0 amide bonds. The lowest BCUT2D eigenvalue weighted by Crippen LogP contribution is -2.09. The molecule has 2 aromatic heterocycles. The molecule has 1 atom stereocenters. The van der Waals surface area contributed by atoms with Gasteiger partial charge in [-0.05, 0) is 24.0 Å². The van der Waals surface area contributed by atoms with Crippen LogP contribution in [0, 0.1) is 0 Å². The number of H-pyrrole nitrogens is 1. The molecular weight excluding hydrogens is 238 g/mol. The molecule has 94 valence electrons. The van der Waals surface area contributed by atoms with Gasteiger partial charge in [0.15, 0.2) is 11.5 Å². The number of fused-ring (bicyclic) bond motifs is 2. The molecule has 0 bridgehead atoms. The Morgan fingerprint density at radius 1 is 1.16 bits per heavy atom. The highest BCUT2D eigenvalue weighted by Crippen LogP contribution is 2.33. The van der Waals surface area contributed by atoms with Crippen LogP contribution in [0.15, 0.2) is 36.9 Å². The van der Waals surface area contributed by atoms with Gasteiger partial charge in [-0.1, -0.05) is 24.3 Å². The number of hydrogen-bond donors (Lipinski definition) is 2. The molecule has 19 heavy (non-hydrogen) atoms. The van der Waals surface area contributed by atoms with Crippen molar-refractivity contribution in [3.8, 4) is 0 Å². The Bertz CT molecular complexity index is 733. The third kappa shape index (κ3) is 1.66. The lowest BCUT2D eigenvalue weighted by atomic mass is 10.1. The third-order valence-corrected chi connectivity index (χ3v) is 3.67. The molecule has 0 spiro atoms. The van der Waals surface area contributed by atoms with Crippen molar-refractivity contribution in [2.75, 3.05) is 5.32 Å². The largest absolute Gasteiger partial charge is 0.361 e. The predicted octanol–water partition coefficient (Wildman–Crippen LogP) is 2.45. The van der Waals surface area contributed by atoms with E-state index >= 15 is 0 Å². The van der Waals surface area contributed by atoms with Crippen molar-refractivity contribution in [3.63, 3.8) is 0 Å². The van der Waals surface area contributed by atoms with E-state index in [1.54, 1.807) is 12.7 Å². The van der Waals surface area contributed by atoms with E-state index in [4.69, 9.17) is 0 Å². The average molecular weight is 251 g/mol. The van der Waals surface area contributed by atoms with Crippen LogP contribution in [-0.2, 0) is 6.42 Å². The van der Waals surface area contributed by atoms with Gasteiger partial charge in [0, 0.05) is 0 Å². The van der Waals surface area contributed by atoms with Crippen molar-refractivity contribution in [2.24, 2.45) is 0 Å². The van der Waals surface area contributed by atoms with Gasteiger partial charge >= 0.3 is 0 Å². The molecule has 1 aliphatic rings. The molecule has 1 aliphatic carbocycles. The van der Waals surface area contributed by atoms with Crippen molar-refractivity contribution in [1.29, 1.82) is 0 Å². The monoisotopic (exact) mass is 251 g/mol. The van der Waals surface area contributed by atoms with E-state index < -0.39 is 0 Å². The maximum atomic E-state index is 4.32. The molecule has 3 aromatic rings. The van der Waals surface area contributed by atoms with Gasteiger partial charge in [-0.25, -0.2) is 15.0 Å². The summed E-state index contributed by atoms with van der Waals surface area (Å²) in [5, 5.41) is 3.50. The number of imidazole rings is 1. The summed E-state index contributed by atoms with van der Waals surface area (Å²) in [7, 11) is 0. The summed E-state index contributed by atoms with van der Waals surface area (Å²) < 4.78 is 0. The molecule has 1 aromatic carbocycles. The molecular formula is C14H13N5. The fourth-order valence-electron chi connectivity index (χ4n) is 2.75. The van der Waals surface area contributed by atoms with Gasteiger partial charge in [-0.2, -0.15) is 0 Å². The van der Waals surface area contributed by atoms with E-state index in [-0.39, 0.29) is 0 Å². The molecule has 0 aliphatic heterocycles. The van der Waals surface area contributed by atoms with Gasteiger partial charge in [-0.3, -0.25) is 0 Å². The predicted molar refractivity (Wildman–Crippen MR) is 72.8 cm³/mol. The summed E-state index contributed by atoms with van der Waals surface area (Å²) in [5.41, 5.74) is 4.36. The van der Waals surface area contributed by atoms with Crippen molar-refractivity contribution >= 4 is 17.0 Å². The van der Waals surface area contributed by atoms with Crippen LogP contribution >= 0.6 is 0 Å². The highest BCUT2D eigenvalue weighted by atomic mass is 15.1. The molecule has 0 fully saturated rings. The lowest BCUT2D eigenvalue weighted by Gasteiger charge is -2.14. The zero-order chi connectivity index (χ0) is 12.7. The van der Waals surface area contributed by atoms with Crippen LogP contribution in [0.1, 0.15) is 23.6 Å². The Labute approximate surface area is 110 Å². The van der Waals surface area contributed by atoms with E-state index in [1.165, 1.54) is 11.1 Å². The second-order valence-corrected chi connectivity index (χ2v) is 4.76. The molecule has 0 radical (unpaired) electrons. The highest BCUT2D eigenvalue weighted by Gasteiger charge is 2.22. The van der Waals surface area contributed by atoms with E-state index in [0.717, 1.165) is 24.2 Å². The van der Waals surface area contributed by atoms with Crippen LogP contribution in [-0.4, -0.2) is 19.9 Å². The molecule has 2 heterocycles. The van der Waals surface area contributed by atoms with Gasteiger partial charge in [0.05, 0.1) is 12.4 Å². The molecule has 2 N–H and O–H groups in total. The zero-order valence-electron chi connectivity index (χ0n) is 10.3. The van der Waals surface area contributed by atoms with Crippen LogP contribution < -0.4 is 5.32 Å². The Hall–Kier alpha value is -2.43. The number of rotatable bonds is 2. The Morgan fingerprint density at radius 2 is 2.11 bits per heavy atom. The fraction of sp³-hybridized carbons (Fsp3) is 0.214. The van der Waals surface area contributed by atoms with E-state index in [9.17, 15) is 0 Å². The first kappa shape index (κ1) is 10.5. The highest BCUT2D eigenvalue weighted by molar-refractivity contribution is 5.82. The minimum Gasteiger partial charge on any atom is -0.361 e. The van der Waals surface area contributed by atoms with Crippen molar-refractivity contribution in [3.05, 3.63) is 48.0 Å². The summed E-state index contributed by atoms with van der Waals surface area (Å²) >= 11 is 0. The normalized spacial score (nSPS) is 17.6. The molecule has 5 heteroatoms. The maximum absolute atomic E-state index is 4.32. The number of aryl methyl sites for hydroxylation is 1. The van der Waals surface area contributed by atoms with Crippen molar-refractivity contribution < 1.29 is 0 Å². The smallest absolute Gasteiger partial charge is 0.182 e. The Balaban J connectivity index is 1.71. The Morgan fingerprint density at radius 3 is 3.11 bits per heavy atom. The molecule has 0 saturated carbocycles. The van der Waals surface area contributed by atoms with Crippen LogP contribution in [0.5, 0.6) is 0 Å². The molecule has 5 nitrogen and oxygen atoms in total. The summed E-state index contributed by atoms with van der Waals surface area (Å²) in [6, 6.07) is 8.88. The van der Waals surface area contributed by atoms with E-state index in [2.05, 4.69) is 49.5 Å². The number of aromatic nitrogens is 4. The van der Waals surface area contributed by atoms with Gasteiger partial charge < -0.3 is 10.3 Å². The first-order chi connectivity index (χ1) is 9.42. The average Bonchev–Trinajstić information content (AvgIpc) is 3.06. The minimum absolute atomic E-state index is 0.317. The van der Waals surface area contributed by atoms with Crippen LogP contribution in [0.3, 0.4) is 0 Å². The number of anilines is 1. The van der Waals surface area contributed by atoms with Gasteiger partial charge in [0.25, 0.3) is 0 Å². The third-order valence-electron chi connectivity index (χ3n) is 3.67. The minimum atomic E-state index is 0.317. The van der Waals surface area contributed by atoms with Gasteiger partial charge in [0.1, 0.15) is 11.8 Å². The second-order valence-electron chi connectivity index (χ2n) is 4.76. The standard InChI is InChI=1S/C14H13N5/c1-2-4-10-9(3-1)5-6-11(10)19-14-12-13(16-7-15-12)17-8-18-14/h1-4,7-8,11H,5-6H2,(H2,15,16,17,18,19)/t11-/m1/s1. The first-order valence-corrected chi connectivity index (χ1v) is 6.40. The Kier molecular flexibility index (Phi) is 2.24. The summed E-state index contributed by atoms with van der Waals surface area (Å²) in [6.45, 7) is 0. The molecule has 0 saturated heterocycles. The summed E-state index contributed by atoms with van der Waals surface area (Å²) in [6.07, 6.45) is 5.41. The van der Waals surface area contributed by atoms with Crippen LogP contribution in [0.2, 0.25) is 0 Å². The van der Waals surface area contributed by atoms with Gasteiger partial charge in [0.2, 0.25) is 0 Å². The van der Waals surface area contributed by atoms with Crippen LogP contribution in [0.25, 0.3) is 11.2 Å². The molecule has 4 rings (SSSR count). The van der Waals surface area contributed by atoms with E-state index in [1.807, 2.05) is 0 Å². The van der Waals surface area contributed by atoms with Crippen LogP contribution in [0.4, 0.5) is 5.82 Å². The number of aromatic amines is 1. The quantitative estimate of drug-likeness (QED) is 0.734. The van der Waals surface area contributed by atoms with Crippen molar-refractivity contribution in [1.82, 2.24) is 19.9 Å². The lowest BCUT2D eigenvalue weighted by molar-refractivity contribution is 0.758. The molecule has 0 unspecified atom stereocenters. The number of nitrogens with zero attached hydrogens (tertiary/aromatic N) is 3. The number of nitrogens with one attached hydrogen (secondary N) is 2. The second kappa shape index (κ2) is 4.05. The van der Waals surface area contributed by atoms with Crippen molar-refractivity contribution in [2.45, 2.75) is 18.9 Å². The summed E-state index contributed by atoms with van der Waals surface area (Å²) in [5.74, 6) is 0.823. The summed E-state index contributed by atoms with van der Waals surface area (Å²) in [4.78, 5) is 15.7. The SMILES string of the molecule is c1ccc2c(c1)CC[C@H]2Nc1ncnc2nc[nH]c12. The van der Waals surface area contributed by atoms with E-state index in [0.29, 0.717) is 11.7 Å². The van der Waals surface area contributed by atoms with Gasteiger partial charge in [-0.15, -0.1) is 0 Å². The topological polar surface area (TPSA) is 66.5 Å². The first-order valence-electron chi connectivity index (χ1n) is 6.40. The maximum Gasteiger partial charge on any atom is 0.182 e.